The van der Waals surface area contributed by atoms with Crippen molar-refractivity contribution < 1.29 is 32.2 Å². The molecule has 0 heterocycles. The summed E-state index contributed by atoms with van der Waals surface area (Å²) in [5.41, 5.74) is -3.02. The lowest BCUT2D eigenvalue weighted by molar-refractivity contribution is -0.119. The lowest BCUT2D eigenvalue weighted by atomic mass is 10.2. The fourth-order valence-electron chi connectivity index (χ4n) is 2.11. The van der Waals surface area contributed by atoms with Crippen molar-refractivity contribution in [1.29, 1.82) is 0 Å². The molecule has 1 amide bonds. The van der Waals surface area contributed by atoms with Crippen molar-refractivity contribution in [3.8, 4) is 5.75 Å². The zero-order valence-electron chi connectivity index (χ0n) is 14.4. The molecule has 0 spiro atoms. The number of benzene rings is 2. The Labute approximate surface area is 157 Å². The van der Waals surface area contributed by atoms with E-state index in [1.807, 2.05) is 13.0 Å². The number of thioether (sulfide) groups is 1. The standard InChI is InChI=1S/C18H16F3NO4S/c1-11-3-8-15(25-2)14(9-11)22-16(23)10-26-17(24)12-4-6-13(7-5-12)27-18(19,20)21/h3-9H,10H2,1-2H3,(H,22,23). The Bertz CT molecular complexity index is 822. The average Bonchev–Trinajstić information content (AvgIpc) is 2.59. The zero-order chi connectivity index (χ0) is 20.0. The fraction of sp³-hybridized carbons (Fsp3) is 0.222. The first-order valence-corrected chi connectivity index (χ1v) is 8.47. The van der Waals surface area contributed by atoms with Crippen molar-refractivity contribution in [3.63, 3.8) is 0 Å². The number of carbonyl (C=O) groups is 2. The van der Waals surface area contributed by atoms with Gasteiger partial charge in [0.15, 0.2) is 6.61 Å². The summed E-state index contributed by atoms with van der Waals surface area (Å²) in [5, 5.41) is 2.57. The number of esters is 1. The van der Waals surface area contributed by atoms with Crippen LogP contribution in [0.4, 0.5) is 18.9 Å². The van der Waals surface area contributed by atoms with E-state index in [1.54, 1.807) is 12.1 Å². The van der Waals surface area contributed by atoms with E-state index in [0.717, 1.165) is 17.7 Å². The smallest absolute Gasteiger partial charge is 0.446 e. The first kappa shape index (κ1) is 20.6. The number of hydrogen-bond acceptors (Lipinski definition) is 5. The van der Waals surface area contributed by atoms with Gasteiger partial charge < -0.3 is 14.8 Å². The molecule has 0 bridgehead atoms. The van der Waals surface area contributed by atoms with Gasteiger partial charge in [-0.25, -0.2) is 4.79 Å². The molecule has 5 nitrogen and oxygen atoms in total. The van der Waals surface area contributed by atoms with Gasteiger partial charge in [0.05, 0.1) is 18.4 Å². The molecule has 2 rings (SSSR count). The summed E-state index contributed by atoms with van der Waals surface area (Å²) in [5.74, 6) is -0.931. The highest BCUT2D eigenvalue weighted by Crippen LogP contribution is 2.36. The minimum Gasteiger partial charge on any atom is -0.495 e. The van der Waals surface area contributed by atoms with Crippen molar-refractivity contribution >= 4 is 29.3 Å². The SMILES string of the molecule is COc1ccc(C)cc1NC(=O)COC(=O)c1ccc(SC(F)(F)F)cc1. The van der Waals surface area contributed by atoms with Crippen molar-refractivity contribution in [3.05, 3.63) is 53.6 Å². The summed E-state index contributed by atoms with van der Waals surface area (Å²) in [6.45, 7) is 1.30. The predicted molar refractivity (Wildman–Crippen MR) is 95.0 cm³/mol. The number of alkyl halides is 3. The van der Waals surface area contributed by atoms with Gasteiger partial charge in [-0.1, -0.05) is 6.07 Å². The summed E-state index contributed by atoms with van der Waals surface area (Å²) in [4.78, 5) is 23.8. The van der Waals surface area contributed by atoms with E-state index in [9.17, 15) is 22.8 Å². The first-order chi connectivity index (χ1) is 12.7. The number of nitrogens with one attached hydrogen (secondary N) is 1. The van der Waals surface area contributed by atoms with E-state index >= 15 is 0 Å². The van der Waals surface area contributed by atoms with Crippen LogP contribution in [-0.2, 0) is 9.53 Å². The fourth-order valence-corrected chi connectivity index (χ4v) is 2.65. The van der Waals surface area contributed by atoms with Gasteiger partial charge in [-0.15, -0.1) is 0 Å². The molecule has 0 aliphatic rings. The van der Waals surface area contributed by atoms with Crippen LogP contribution in [0.5, 0.6) is 5.75 Å². The van der Waals surface area contributed by atoms with Crippen LogP contribution in [-0.4, -0.2) is 31.1 Å². The molecule has 144 valence electrons. The van der Waals surface area contributed by atoms with E-state index in [1.165, 1.54) is 19.2 Å². The maximum atomic E-state index is 12.3. The van der Waals surface area contributed by atoms with E-state index in [-0.39, 0.29) is 22.2 Å². The Hall–Kier alpha value is -2.68. The van der Waals surface area contributed by atoms with Crippen molar-refractivity contribution in [2.45, 2.75) is 17.3 Å². The van der Waals surface area contributed by atoms with Gasteiger partial charge in [0.1, 0.15) is 5.75 Å². The number of rotatable bonds is 6. The normalized spacial score (nSPS) is 11.0. The van der Waals surface area contributed by atoms with Crippen LogP contribution in [0.3, 0.4) is 0 Å². The second-order valence-electron chi connectivity index (χ2n) is 5.40. The van der Waals surface area contributed by atoms with E-state index in [2.05, 4.69) is 5.32 Å². The van der Waals surface area contributed by atoms with Gasteiger partial charge in [0, 0.05) is 4.90 Å². The molecule has 9 heteroatoms. The Morgan fingerprint density at radius 1 is 1.11 bits per heavy atom. The molecule has 0 saturated carbocycles. The third-order valence-corrected chi connectivity index (χ3v) is 4.03. The third kappa shape index (κ3) is 6.52. The second kappa shape index (κ2) is 8.81. The Morgan fingerprint density at radius 2 is 1.78 bits per heavy atom. The molecule has 0 aliphatic heterocycles. The van der Waals surface area contributed by atoms with Crippen molar-refractivity contribution in [2.75, 3.05) is 19.0 Å². The number of hydrogen-bond donors (Lipinski definition) is 1. The molecule has 2 aromatic rings. The lowest BCUT2D eigenvalue weighted by Crippen LogP contribution is -2.21. The third-order valence-electron chi connectivity index (χ3n) is 3.29. The number of ether oxygens (including phenoxy) is 2. The van der Waals surface area contributed by atoms with E-state index < -0.39 is 24.0 Å². The molecule has 2 aromatic carbocycles. The molecule has 0 unspecified atom stereocenters. The number of anilines is 1. The van der Waals surface area contributed by atoms with Gasteiger partial charge in [0.2, 0.25) is 0 Å². The number of halogens is 3. The molecule has 1 N–H and O–H groups in total. The van der Waals surface area contributed by atoms with Crippen molar-refractivity contribution in [1.82, 2.24) is 0 Å². The Morgan fingerprint density at radius 3 is 2.37 bits per heavy atom. The predicted octanol–water partition coefficient (Wildman–Crippen LogP) is 4.41. The Balaban J connectivity index is 1.91. The van der Waals surface area contributed by atoms with E-state index in [4.69, 9.17) is 9.47 Å². The van der Waals surface area contributed by atoms with Crippen LogP contribution in [0.15, 0.2) is 47.4 Å². The van der Waals surface area contributed by atoms with Crippen LogP contribution < -0.4 is 10.1 Å². The monoisotopic (exact) mass is 399 g/mol. The highest BCUT2D eigenvalue weighted by molar-refractivity contribution is 8.00. The van der Waals surface area contributed by atoms with Crippen LogP contribution in [0, 0.1) is 6.92 Å². The number of carbonyl (C=O) groups excluding carboxylic acids is 2. The topological polar surface area (TPSA) is 64.6 Å². The average molecular weight is 399 g/mol. The largest absolute Gasteiger partial charge is 0.495 e. The van der Waals surface area contributed by atoms with Crippen LogP contribution in [0.25, 0.3) is 0 Å². The molecular weight excluding hydrogens is 383 g/mol. The maximum absolute atomic E-state index is 12.3. The molecule has 0 atom stereocenters. The first-order valence-electron chi connectivity index (χ1n) is 7.65. The maximum Gasteiger partial charge on any atom is 0.446 e. The summed E-state index contributed by atoms with van der Waals surface area (Å²) < 4.78 is 46.9. The molecule has 0 fully saturated rings. The minimum atomic E-state index is -4.41. The minimum absolute atomic E-state index is 0.0439. The molecular formula is C18H16F3NO4S. The van der Waals surface area contributed by atoms with Gasteiger partial charge in [-0.05, 0) is 60.6 Å². The molecule has 27 heavy (non-hydrogen) atoms. The number of amides is 1. The summed E-state index contributed by atoms with van der Waals surface area (Å²) in [6, 6.07) is 9.94. The highest BCUT2D eigenvalue weighted by Gasteiger charge is 2.29. The summed E-state index contributed by atoms with van der Waals surface area (Å²) >= 11 is -0.283. The number of aryl methyl sites for hydroxylation is 1. The number of methoxy groups -OCH3 is 1. The Kier molecular flexibility index (Phi) is 6.73. The quantitative estimate of drug-likeness (QED) is 0.576. The highest BCUT2D eigenvalue weighted by atomic mass is 32.2. The summed E-state index contributed by atoms with van der Waals surface area (Å²) in [7, 11) is 1.46. The van der Waals surface area contributed by atoms with Crippen LogP contribution in [0.1, 0.15) is 15.9 Å². The zero-order valence-corrected chi connectivity index (χ0v) is 15.2. The lowest BCUT2D eigenvalue weighted by Gasteiger charge is -2.11. The van der Waals surface area contributed by atoms with Crippen LogP contribution in [0.2, 0.25) is 0 Å². The van der Waals surface area contributed by atoms with Gasteiger partial charge in [-0.3, -0.25) is 4.79 Å². The molecule has 0 saturated heterocycles. The van der Waals surface area contributed by atoms with Gasteiger partial charge in [-0.2, -0.15) is 13.2 Å². The summed E-state index contributed by atoms with van der Waals surface area (Å²) in [6.07, 6.45) is 0. The van der Waals surface area contributed by atoms with Gasteiger partial charge >= 0.3 is 11.5 Å². The van der Waals surface area contributed by atoms with Crippen LogP contribution >= 0.6 is 11.8 Å². The molecule has 0 aliphatic carbocycles. The van der Waals surface area contributed by atoms with E-state index in [0.29, 0.717) is 11.4 Å². The molecule has 0 aromatic heterocycles. The molecule has 0 radical (unpaired) electrons. The van der Waals surface area contributed by atoms with Gasteiger partial charge in [0.25, 0.3) is 5.91 Å². The second-order valence-corrected chi connectivity index (χ2v) is 6.54. The van der Waals surface area contributed by atoms with Crippen molar-refractivity contribution in [2.24, 2.45) is 0 Å².